The molecule has 2 aromatic heterocycles. The molecule has 0 saturated heterocycles. The quantitative estimate of drug-likeness (QED) is 0.691. The third-order valence-electron chi connectivity index (χ3n) is 3.05. The highest BCUT2D eigenvalue weighted by atomic mass is 32.2. The van der Waals surface area contributed by atoms with Gasteiger partial charge >= 0.3 is 0 Å². The number of hydrogen-bond acceptors (Lipinski definition) is 5. The van der Waals surface area contributed by atoms with Crippen molar-refractivity contribution in [2.24, 2.45) is 7.05 Å². The minimum Gasteiger partial charge on any atom is -0.312 e. The van der Waals surface area contributed by atoms with Gasteiger partial charge in [0.05, 0.1) is 11.9 Å². The predicted octanol–water partition coefficient (Wildman–Crippen LogP) is 0.511. The second-order valence-corrected chi connectivity index (χ2v) is 6.95. The summed E-state index contributed by atoms with van der Waals surface area (Å²) in [6.07, 6.45) is 7.40. The fourth-order valence-electron chi connectivity index (χ4n) is 2.11. The topological polar surface area (TPSA) is 88.9 Å². The van der Waals surface area contributed by atoms with Crippen LogP contribution in [0.4, 0.5) is 0 Å². The first-order valence-electron chi connectivity index (χ1n) is 7.04. The van der Waals surface area contributed by atoms with Crippen molar-refractivity contribution in [3.8, 4) is 11.3 Å². The Morgan fingerprint density at radius 2 is 2.14 bits per heavy atom. The third kappa shape index (κ3) is 5.21. The van der Waals surface area contributed by atoms with E-state index in [0.29, 0.717) is 13.1 Å². The van der Waals surface area contributed by atoms with Crippen molar-refractivity contribution in [2.75, 3.05) is 19.3 Å². The second-order valence-electron chi connectivity index (χ2n) is 5.12. The van der Waals surface area contributed by atoms with Gasteiger partial charge in [-0.05, 0) is 25.1 Å². The lowest BCUT2D eigenvalue weighted by Gasteiger charge is -2.05. The van der Waals surface area contributed by atoms with E-state index >= 15 is 0 Å². The van der Waals surface area contributed by atoms with E-state index in [9.17, 15) is 8.42 Å². The number of aromatic nitrogens is 3. The van der Waals surface area contributed by atoms with Crippen molar-refractivity contribution < 1.29 is 8.42 Å². The summed E-state index contributed by atoms with van der Waals surface area (Å²) in [5.74, 6) is 0. The molecule has 22 heavy (non-hydrogen) atoms. The Bertz CT molecular complexity index is 697. The lowest BCUT2D eigenvalue weighted by atomic mass is 10.1. The number of aryl methyl sites for hydroxylation is 1. The summed E-state index contributed by atoms with van der Waals surface area (Å²) >= 11 is 0. The van der Waals surface area contributed by atoms with E-state index < -0.39 is 10.0 Å². The maximum absolute atomic E-state index is 10.9. The molecule has 2 rings (SSSR count). The van der Waals surface area contributed by atoms with Crippen molar-refractivity contribution in [1.29, 1.82) is 0 Å². The maximum atomic E-state index is 10.9. The van der Waals surface area contributed by atoms with Crippen LogP contribution in [0, 0.1) is 0 Å². The third-order valence-corrected chi connectivity index (χ3v) is 3.78. The zero-order valence-corrected chi connectivity index (χ0v) is 13.6. The molecule has 2 heterocycles. The van der Waals surface area contributed by atoms with Gasteiger partial charge in [0.25, 0.3) is 0 Å². The molecule has 0 unspecified atom stereocenters. The van der Waals surface area contributed by atoms with Crippen molar-refractivity contribution >= 4 is 10.0 Å². The van der Waals surface area contributed by atoms with Gasteiger partial charge in [-0.25, -0.2) is 13.1 Å². The van der Waals surface area contributed by atoms with Crippen LogP contribution in [0.2, 0.25) is 0 Å². The average molecular weight is 323 g/mol. The molecule has 0 saturated carbocycles. The fraction of sp³-hybridized carbons (Fsp3) is 0.429. The zero-order valence-electron chi connectivity index (χ0n) is 12.8. The van der Waals surface area contributed by atoms with Crippen LogP contribution < -0.4 is 10.0 Å². The number of pyridine rings is 1. The van der Waals surface area contributed by atoms with Gasteiger partial charge in [0.15, 0.2) is 0 Å². The lowest BCUT2D eigenvalue weighted by Crippen LogP contribution is -2.26. The molecule has 8 heteroatoms. The van der Waals surface area contributed by atoms with Crippen LogP contribution in [0.3, 0.4) is 0 Å². The number of sulfonamides is 1. The molecule has 0 aliphatic carbocycles. The molecule has 0 radical (unpaired) electrons. The predicted molar refractivity (Wildman–Crippen MR) is 85.6 cm³/mol. The smallest absolute Gasteiger partial charge is 0.208 e. The van der Waals surface area contributed by atoms with Gasteiger partial charge in [0.2, 0.25) is 10.0 Å². The van der Waals surface area contributed by atoms with E-state index in [1.165, 1.54) is 0 Å². The van der Waals surface area contributed by atoms with Crippen LogP contribution in [0.5, 0.6) is 0 Å². The molecule has 0 amide bonds. The SMILES string of the molecule is Cn1cc(CNCCCNS(C)(=O)=O)c(-c2cccnc2)n1. The zero-order chi connectivity index (χ0) is 16.0. The first kappa shape index (κ1) is 16.6. The number of hydrogen-bond donors (Lipinski definition) is 2. The van der Waals surface area contributed by atoms with Crippen molar-refractivity contribution in [1.82, 2.24) is 24.8 Å². The lowest BCUT2D eigenvalue weighted by molar-refractivity contribution is 0.579. The normalized spacial score (nSPS) is 11.7. The van der Waals surface area contributed by atoms with Crippen LogP contribution in [0.15, 0.2) is 30.7 Å². The highest BCUT2D eigenvalue weighted by Gasteiger charge is 2.09. The molecule has 2 N–H and O–H groups in total. The van der Waals surface area contributed by atoms with E-state index in [0.717, 1.165) is 36.0 Å². The summed E-state index contributed by atoms with van der Waals surface area (Å²) in [6.45, 7) is 1.84. The Morgan fingerprint density at radius 3 is 2.82 bits per heavy atom. The van der Waals surface area contributed by atoms with Crippen LogP contribution in [0.1, 0.15) is 12.0 Å². The molecule has 120 valence electrons. The van der Waals surface area contributed by atoms with Gasteiger partial charge in [-0.1, -0.05) is 0 Å². The van der Waals surface area contributed by atoms with E-state index in [-0.39, 0.29) is 0 Å². The Labute approximate surface area is 130 Å². The summed E-state index contributed by atoms with van der Waals surface area (Å²) in [4.78, 5) is 4.12. The average Bonchev–Trinajstić information content (AvgIpc) is 2.83. The molecular weight excluding hydrogens is 302 g/mol. The first-order valence-corrected chi connectivity index (χ1v) is 8.93. The number of nitrogens with one attached hydrogen (secondary N) is 2. The fourth-order valence-corrected chi connectivity index (χ4v) is 2.62. The highest BCUT2D eigenvalue weighted by Crippen LogP contribution is 2.20. The minimum atomic E-state index is -3.10. The largest absolute Gasteiger partial charge is 0.312 e. The Kier molecular flexibility index (Phi) is 5.64. The maximum Gasteiger partial charge on any atom is 0.208 e. The Hall–Kier alpha value is -1.77. The van der Waals surface area contributed by atoms with E-state index in [1.54, 1.807) is 17.1 Å². The van der Waals surface area contributed by atoms with Crippen molar-refractivity contribution in [2.45, 2.75) is 13.0 Å². The molecule has 0 aliphatic rings. The van der Waals surface area contributed by atoms with Gasteiger partial charge in [0, 0.05) is 49.9 Å². The molecule has 7 nitrogen and oxygen atoms in total. The van der Waals surface area contributed by atoms with Crippen LogP contribution >= 0.6 is 0 Å². The summed E-state index contributed by atoms with van der Waals surface area (Å²) in [7, 11) is -1.21. The van der Waals surface area contributed by atoms with Gasteiger partial charge in [0.1, 0.15) is 0 Å². The van der Waals surface area contributed by atoms with Crippen LogP contribution in [-0.2, 0) is 23.6 Å². The first-order chi connectivity index (χ1) is 10.5. The van der Waals surface area contributed by atoms with Crippen LogP contribution in [0.25, 0.3) is 11.3 Å². The molecule has 0 bridgehead atoms. The van der Waals surface area contributed by atoms with Gasteiger partial charge in [-0.3, -0.25) is 9.67 Å². The second kappa shape index (κ2) is 7.48. The van der Waals surface area contributed by atoms with Gasteiger partial charge < -0.3 is 5.32 Å². The molecule has 0 fully saturated rings. The van der Waals surface area contributed by atoms with E-state index in [1.807, 2.05) is 25.4 Å². The number of rotatable bonds is 8. The van der Waals surface area contributed by atoms with Gasteiger partial charge in [-0.15, -0.1) is 0 Å². The van der Waals surface area contributed by atoms with Crippen LogP contribution in [-0.4, -0.2) is 42.5 Å². The molecule has 0 aromatic carbocycles. The summed E-state index contributed by atoms with van der Waals surface area (Å²) in [5.41, 5.74) is 2.99. The monoisotopic (exact) mass is 323 g/mol. The van der Waals surface area contributed by atoms with E-state index in [2.05, 4.69) is 20.1 Å². The minimum absolute atomic E-state index is 0.439. The summed E-state index contributed by atoms with van der Waals surface area (Å²) < 4.78 is 26.1. The summed E-state index contributed by atoms with van der Waals surface area (Å²) in [6, 6.07) is 3.87. The highest BCUT2D eigenvalue weighted by molar-refractivity contribution is 7.88. The molecule has 0 atom stereocenters. The molecule has 0 spiro atoms. The standard InChI is InChI=1S/C14H21N5O2S/c1-19-11-13(10-16-7-4-8-17-22(2,20)21)14(18-19)12-5-3-6-15-9-12/h3,5-6,9,11,16-17H,4,7-8,10H2,1-2H3. The molecule has 0 aliphatic heterocycles. The molecule has 2 aromatic rings. The van der Waals surface area contributed by atoms with Crippen molar-refractivity contribution in [3.63, 3.8) is 0 Å². The Morgan fingerprint density at radius 1 is 1.32 bits per heavy atom. The summed E-state index contributed by atoms with van der Waals surface area (Å²) in [5, 5.41) is 7.78. The molecular formula is C14H21N5O2S. The van der Waals surface area contributed by atoms with E-state index in [4.69, 9.17) is 0 Å². The van der Waals surface area contributed by atoms with Gasteiger partial charge in [-0.2, -0.15) is 5.10 Å². The number of nitrogens with zero attached hydrogens (tertiary/aromatic N) is 3. The Balaban J connectivity index is 1.86. The van der Waals surface area contributed by atoms with Crippen molar-refractivity contribution in [3.05, 3.63) is 36.3 Å².